The lowest BCUT2D eigenvalue weighted by atomic mass is 10.2. The number of nitrogens with zero attached hydrogens (tertiary/aromatic N) is 3. The summed E-state index contributed by atoms with van der Waals surface area (Å²) in [5.41, 5.74) is 5.17. The molecule has 0 unspecified atom stereocenters. The summed E-state index contributed by atoms with van der Waals surface area (Å²) in [5.74, 6) is -0.905. The average molecular weight is 657 g/mol. The van der Waals surface area contributed by atoms with Crippen molar-refractivity contribution in [3.63, 3.8) is 0 Å². The molecule has 0 bridgehead atoms. The van der Waals surface area contributed by atoms with Gasteiger partial charge in [0.15, 0.2) is 17.4 Å². The largest absolute Gasteiger partial charge is 0.436 e. The summed E-state index contributed by atoms with van der Waals surface area (Å²) in [6.45, 7) is 22.5. The van der Waals surface area contributed by atoms with Crippen molar-refractivity contribution in [2.24, 2.45) is 0 Å². The number of hydrogen-bond donors (Lipinski definition) is 5. The summed E-state index contributed by atoms with van der Waals surface area (Å²) < 4.78 is 34.7. The summed E-state index contributed by atoms with van der Waals surface area (Å²) in [6.07, 6.45) is 4.58. The second-order valence-corrected chi connectivity index (χ2v) is 11.5. The quantitative estimate of drug-likeness (QED) is 0.129. The zero-order valence-corrected chi connectivity index (χ0v) is 28.4. The third-order valence-electron chi connectivity index (χ3n) is 7.59. The molecule has 0 saturated carbocycles. The minimum absolute atomic E-state index is 0.102. The standard InChI is InChI=1S/C23H22F2N6O.C7H9N.C7H15N/c1-14-10-17-22(25)19(11-18(24)23(17)29-14)32-21-12-20(27-13-28-21)30-15-2-4-16(5-3-15)31-8-6-26-7-9-31;1-5-4-6(2)8-7(5)3;1-4-6-8-7(3)5-2/h2-5,10-13,26,29H,6-9H2,1H3,(H,27,28,30);4,8H,1,3H2,2H3;5,8H,4,6H2,1-3H3/b;;7-5+. The van der Waals surface area contributed by atoms with Crippen LogP contribution in [0.15, 0.2) is 66.6 Å². The molecule has 1 aliphatic heterocycles. The van der Waals surface area contributed by atoms with Gasteiger partial charge in [-0.05, 0) is 75.7 Å². The Kier molecular flexibility index (Phi) is 12.7. The van der Waals surface area contributed by atoms with Crippen LogP contribution in [0.1, 0.15) is 38.6 Å². The molecule has 1 saturated heterocycles. The minimum atomic E-state index is -0.651. The number of benzene rings is 2. The Morgan fingerprint density at radius 2 is 1.71 bits per heavy atom. The molecule has 4 heterocycles. The average Bonchev–Trinajstić information content (AvgIpc) is 3.63. The fourth-order valence-electron chi connectivity index (χ4n) is 4.94. The maximum Gasteiger partial charge on any atom is 0.224 e. The van der Waals surface area contributed by atoms with Crippen molar-refractivity contribution in [1.29, 1.82) is 0 Å². The molecular weight excluding hydrogens is 610 g/mol. The van der Waals surface area contributed by atoms with Crippen molar-refractivity contribution in [2.75, 3.05) is 42.9 Å². The molecule has 5 aromatic rings. The second kappa shape index (κ2) is 17.1. The molecule has 5 N–H and O–H groups in total. The first-order valence-corrected chi connectivity index (χ1v) is 16.1. The molecule has 11 heteroatoms. The minimum Gasteiger partial charge on any atom is -0.436 e. The summed E-state index contributed by atoms with van der Waals surface area (Å²) in [5, 5.41) is 11.8. The third kappa shape index (κ3) is 9.92. The molecule has 3 aromatic heterocycles. The lowest BCUT2D eigenvalue weighted by Gasteiger charge is -2.29. The van der Waals surface area contributed by atoms with E-state index in [1.807, 2.05) is 32.0 Å². The first kappa shape index (κ1) is 35.7. The van der Waals surface area contributed by atoms with Crippen molar-refractivity contribution in [3.05, 3.63) is 100 Å². The Bertz CT molecular complexity index is 1880. The van der Waals surface area contributed by atoms with E-state index in [1.165, 1.54) is 30.6 Å². The molecule has 0 aliphatic carbocycles. The van der Waals surface area contributed by atoms with Crippen LogP contribution in [0, 0.1) is 25.5 Å². The van der Waals surface area contributed by atoms with Gasteiger partial charge < -0.3 is 35.6 Å². The zero-order valence-electron chi connectivity index (χ0n) is 28.4. The molecule has 0 radical (unpaired) electrons. The molecule has 48 heavy (non-hydrogen) atoms. The Labute approximate surface area is 280 Å². The normalized spacial score (nSPS) is 12.9. The number of nitrogens with one attached hydrogen (secondary N) is 5. The highest BCUT2D eigenvalue weighted by Gasteiger charge is 2.17. The number of ether oxygens (including phenoxy) is 1. The Morgan fingerprint density at radius 3 is 2.31 bits per heavy atom. The van der Waals surface area contributed by atoms with E-state index in [1.54, 1.807) is 6.92 Å². The van der Waals surface area contributed by atoms with Crippen molar-refractivity contribution in [3.8, 4) is 11.6 Å². The van der Waals surface area contributed by atoms with Gasteiger partial charge in [-0.25, -0.2) is 18.7 Å². The van der Waals surface area contributed by atoms with E-state index in [9.17, 15) is 8.78 Å². The molecule has 1 fully saturated rings. The summed E-state index contributed by atoms with van der Waals surface area (Å²) in [7, 11) is 0. The van der Waals surface area contributed by atoms with Crippen LogP contribution >= 0.6 is 0 Å². The monoisotopic (exact) mass is 656 g/mol. The highest BCUT2D eigenvalue weighted by atomic mass is 19.1. The highest BCUT2D eigenvalue weighted by molar-refractivity contribution is 5.83. The first-order valence-electron chi connectivity index (χ1n) is 16.1. The van der Waals surface area contributed by atoms with E-state index in [0.29, 0.717) is 11.5 Å². The Hall–Kier alpha value is -5.16. The van der Waals surface area contributed by atoms with Crippen LogP contribution < -0.4 is 36.2 Å². The number of aryl methyl sites for hydroxylation is 2. The van der Waals surface area contributed by atoms with Crippen LogP contribution in [0.3, 0.4) is 0 Å². The van der Waals surface area contributed by atoms with Crippen molar-refractivity contribution < 1.29 is 13.5 Å². The maximum absolute atomic E-state index is 14.8. The number of aromatic amines is 2. The SMILES string of the molecule is C/C=C(\C)NCCC.C=c1cc(C)[nH]c1=C.Cc1cc2c(F)c(Oc3cc(Nc4ccc(N5CCNCC5)cc4)ncn3)cc(F)c2[nH]1. The van der Waals surface area contributed by atoms with Gasteiger partial charge in [-0.2, -0.15) is 0 Å². The number of rotatable bonds is 8. The fourth-order valence-corrected chi connectivity index (χ4v) is 4.94. The summed E-state index contributed by atoms with van der Waals surface area (Å²) in [4.78, 5) is 16.4. The number of piperazine rings is 1. The van der Waals surface area contributed by atoms with Gasteiger partial charge in [-0.15, -0.1) is 0 Å². The van der Waals surface area contributed by atoms with Gasteiger partial charge in [0.2, 0.25) is 5.88 Å². The molecule has 0 atom stereocenters. The lowest BCUT2D eigenvalue weighted by Crippen LogP contribution is -2.43. The van der Waals surface area contributed by atoms with Crippen LogP contribution in [0.2, 0.25) is 0 Å². The predicted octanol–water partition coefficient (Wildman–Crippen LogP) is 6.54. The molecule has 9 nitrogen and oxygen atoms in total. The predicted molar refractivity (Wildman–Crippen MR) is 193 cm³/mol. The van der Waals surface area contributed by atoms with Gasteiger partial charge in [0.1, 0.15) is 12.1 Å². The van der Waals surface area contributed by atoms with Gasteiger partial charge in [0.25, 0.3) is 0 Å². The van der Waals surface area contributed by atoms with E-state index in [4.69, 9.17) is 4.74 Å². The van der Waals surface area contributed by atoms with Gasteiger partial charge >= 0.3 is 0 Å². The fraction of sp³-hybridized carbons (Fsp3) is 0.297. The summed E-state index contributed by atoms with van der Waals surface area (Å²) in [6, 6.07) is 14.1. The Morgan fingerprint density at radius 1 is 1.00 bits per heavy atom. The number of allylic oxidation sites excluding steroid dienone is 2. The van der Waals surface area contributed by atoms with Crippen LogP contribution in [0.5, 0.6) is 11.6 Å². The number of anilines is 3. The number of H-pyrrole nitrogens is 2. The first-order chi connectivity index (χ1) is 23.1. The summed E-state index contributed by atoms with van der Waals surface area (Å²) >= 11 is 0. The highest BCUT2D eigenvalue weighted by Crippen LogP contribution is 2.32. The zero-order chi connectivity index (χ0) is 34.6. The van der Waals surface area contributed by atoms with E-state index in [2.05, 4.69) is 86.0 Å². The Balaban J connectivity index is 0.000000268. The number of halogens is 2. The molecule has 0 spiro atoms. The smallest absolute Gasteiger partial charge is 0.224 e. The number of fused-ring (bicyclic) bond motifs is 1. The van der Waals surface area contributed by atoms with E-state index in [-0.39, 0.29) is 22.5 Å². The molecule has 6 rings (SSSR count). The van der Waals surface area contributed by atoms with Crippen molar-refractivity contribution in [1.82, 2.24) is 30.6 Å². The van der Waals surface area contributed by atoms with E-state index >= 15 is 0 Å². The van der Waals surface area contributed by atoms with Crippen LogP contribution in [0.4, 0.5) is 26.0 Å². The van der Waals surface area contributed by atoms with Crippen LogP contribution in [-0.2, 0) is 0 Å². The molecule has 2 aromatic carbocycles. The van der Waals surface area contributed by atoms with Crippen molar-refractivity contribution in [2.45, 2.75) is 41.0 Å². The lowest BCUT2D eigenvalue weighted by molar-refractivity contribution is 0.426. The van der Waals surface area contributed by atoms with Gasteiger partial charge in [0.05, 0.1) is 5.52 Å². The van der Waals surface area contributed by atoms with E-state index < -0.39 is 11.6 Å². The molecular formula is C37H46F2N8O. The van der Waals surface area contributed by atoms with Gasteiger partial charge in [-0.1, -0.05) is 26.2 Å². The molecule has 0 amide bonds. The maximum atomic E-state index is 14.8. The third-order valence-corrected chi connectivity index (χ3v) is 7.59. The number of hydrogen-bond acceptors (Lipinski definition) is 7. The second-order valence-electron chi connectivity index (χ2n) is 11.5. The van der Waals surface area contributed by atoms with Crippen LogP contribution in [0.25, 0.3) is 24.1 Å². The van der Waals surface area contributed by atoms with Gasteiger partial charge in [0, 0.05) is 84.1 Å². The van der Waals surface area contributed by atoms with Crippen LogP contribution in [-0.4, -0.2) is 52.7 Å². The van der Waals surface area contributed by atoms with Gasteiger partial charge in [-0.3, -0.25) is 0 Å². The molecule has 254 valence electrons. The number of aromatic nitrogens is 4. The topological polar surface area (TPSA) is 106 Å². The van der Waals surface area contributed by atoms with E-state index in [0.717, 1.165) is 66.4 Å². The van der Waals surface area contributed by atoms with Crippen molar-refractivity contribution >= 4 is 41.3 Å². The molecule has 1 aliphatic rings.